The summed E-state index contributed by atoms with van der Waals surface area (Å²) < 4.78 is 5.32. The number of ketones is 1. The molecule has 18 heavy (non-hydrogen) atoms. The lowest BCUT2D eigenvalue weighted by atomic mass is 10.1. The molecule has 2 aromatic rings. The van der Waals surface area contributed by atoms with Crippen LogP contribution in [-0.4, -0.2) is 12.4 Å². The van der Waals surface area contributed by atoms with Gasteiger partial charge in [-0.2, -0.15) is 0 Å². The highest BCUT2D eigenvalue weighted by Gasteiger charge is 2.18. The van der Waals surface area contributed by atoms with Crippen LogP contribution in [0.3, 0.4) is 0 Å². The predicted molar refractivity (Wildman–Crippen MR) is 75.4 cm³/mol. The molecule has 0 aliphatic rings. The number of rotatable bonds is 4. The minimum absolute atomic E-state index is 0.125. The van der Waals surface area contributed by atoms with Gasteiger partial charge in [0, 0.05) is 5.56 Å². The SMILES string of the molecule is CCOc1ccc(C(=O)c2cccs2)c(Cl)c1Cl. The lowest BCUT2D eigenvalue weighted by molar-refractivity contribution is 0.104. The summed E-state index contributed by atoms with van der Waals surface area (Å²) >= 11 is 13.6. The van der Waals surface area contributed by atoms with E-state index in [1.165, 1.54) is 11.3 Å². The molecule has 1 aromatic carbocycles. The van der Waals surface area contributed by atoms with Gasteiger partial charge < -0.3 is 4.74 Å². The van der Waals surface area contributed by atoms with Gasteiger partial charge >= 0.3 is 0 Å². The van der Waals surface area contributed by atoms with Crippen molar-refractivity contribution in [2.45, 2.75) is 6.92 Å². The Bertz CT molecular complexity index is 565. The molecule has 2 nitrogen and oxygen atoms in total. The standard InChI is InChI=1S/C13H10Cl2O2S/c1-2-17-9-6-5-8(11(14)12(9)15)13(16)10-4-3-7-18-10/h3-7H,2H2,1H3. The molecule has 0 aliphatic heterocycles. The molecule has 0 amide bonds. The molecule has 5 heteroatoms. The molecule has 0 atom stereocenters. The van der Waals surface area contributed by atoms with Crippen LogP contribution in [0.4, 0.5) is 0 Å². The van der Waals surface area contributed by atoms with Crippen molar-refractivity contribution in [1.29, 1.82) is 0 Å². The average Bonchev–Trinajstić information content (AvgIpc) is 2.88. The van der Waals surface area contributed by atoms with Crippen LogP contribution in [0.1, 0.15) is 22.2 Å². The zero-order valence-corrected chi connectivity index (χ0v) is 11.9. The van der Waals surface area contributed by atoms with E-state index < -0.39 is 0 Å². The van der Waals surface area contributed by atoms with Crippen molar-refractivity contribution in [1.82, 2.24) is 0 Å². The Morgan fingerprint density at radius 3 is 2.67 bits per heavy atom. The minimum atomic E-state index is -0.125. The fraction of sp³-hybridized carbons (Fsp3) is 0.154. The lowest BCUT2D eigenvalue weighted by Gasteiger charge is -2.09. The van der Waals surface area contributed by atoms with Crippen LogP contribution in [0.2, 0.25) is 10.0 Å². The molecule has 0 N–H and O–H groups in total. The van der Waals surface area contributed by atoms with Crippen LogP contribution < -0.4 is 4.74 Å². The van der Waals surface area contributed by atoms with Crippen molar-refractivity contribution in [2.24, 2.45) is 0 Å². The van der Waals surface area contributed by atoms with Gasteiger partial charge in [-0.15, -0.1) is 11.3 Å². The Morgan fingerprint density at radius 1 is 1.28 bits per heavy atom. The van der Waals surface area contributed by atoms with Gasteiger partial charge in [0.15, 0.2) is 0 Å². The van der Waals surface area contributed by atoms with Crippen LogP contribution >= 0.6 is 34.5 Å². The molecule has 0 saturated carbocycles. The summed E-state index contributed by atoms with van der Waals surface area (Å²) in [6.07, 6.45) is 0. The molecular weight excluding hydrogens is 291 g/mol. The van der Waals surface area contributed by atoms with E-state index in [9.17, 15) is 4.79 Å². The Balaban J connectivity index is 2.41. The molecule has 0 saturated heterocycles. The van der Waals surface area contributed by atoms with E-state index in [4.69, 9.17) is 27.9 Å². The van der Waals surface area contributed by atoms with Crippen molar-refractivity contribution in [3.63, 3.8) is 0 Å². The molecule has 2 rings (SSSR count). The predicted octanol–water partition coefficient (Wildman–Crippen LogP) is 4.68. The summed E-state index contributed by atoms with van der Waals surface area (Å²) in [5.41, 5.74) is 0.396. The van der Waals surface area contributed by atoms with Crippen molar-refractivity contribution >= 4 is 40.3 Å². The summed E-state index contributed by atoms with van der Waals surface area (Å²) in [7, 11) is 0. The van der Waals surface area contributed by atoms with Gasteiger partial charge in [0.2, 0.25) is 5.78 Å². The fourth-order valence-corrected chi connectivity index (χ4v) is 2.65. The van der Waals surface area contributed by atoms with Crippen molar-refractivity contribution in [3.05, 3.63) is 50.1 Å². The van der Waals surface area contributed by atoms with Gasteiger partial charge in [-0.25, -0.2) is 0 Å². The monoisotopic (exact) mass is 300 g/mol. The fourth-order valence-electron chi connectivity index (χ4n) is 1.51. The third-order valence-electron chi connectivity index (χ3n) is 2.34. The summed E-state index contributed by atoms with van der Waals surface area (Å²) in [5, 5.41) is 2.36. The van der Waals surface area contributed by atoms with Gasteiger partial charge in [0.25, 0.3) is 0 Å². The first-order valence-corrected chi connectivity index (χ1v) is 6.97. The second-order valence-electron chi connectivity index (χ2n) is 3.48. The van der Waals surface area contributed by atoms with Crippen molar-refractivity contribution in [2.75, 3.05) is 6.61 Å². The van der Waals surface area contributed by atoms with Crippen LogP contribution in [0.5, 0.6) is 5.75 Å². The number of halogens is 2. The quantitative estimate of drug-likeness (QED) is 0.766. The largest absolute Gasteiger partial charge is 0.492 e. The Morgan fingerprint density at radius 2 is 2.06 bits per heavy atom. The number of carbonyl (C=O) groups excluding carboxylic acids is 1. The Labute approximate surface area is 119 Å². The van der Waals surface area contributed by atoms with E-state index in [1.54, 1.807) is 18.2 Å². The highest BCUT2D eigenvalue weighted by atomic mass is 35.5. The van der Waals surface area contributed by atoms with Crippen LogP contribution in [0.15, 0.2) is 29.6 Å². The molecule has 0 aliphatic carbocycles. The smallest absolute Gasteiger partial charge is 0.204 e. The highest BCUT2D eigenvalue weighted by Crippen LogP contribution is 2.36. The normalized spacial score (nSPS) is 10.4. The third kappa shape index (κ3) is 2.53. The topological polar surface area (TPSA) is 26.3 Å². The zero-order valence-electron chi connectivity index (χ0n) is 9.57. The minimum Gasteiger partial charge on any atom is -0.492 e. The van der Waals surface area contributed by atoms with E-state index in [0.29, 0.717) is 22.8 Å². The molecule has 94 valence electrons. The highest BCUT2D eigenvalue weighted by molar-refractivity contribution is 7.12. The first-order chi connectivity index (χ1) is 8.65. The summed E-state index contributed by atoms with van der Waals surface area (Å²) in [6.45, 7) is 2.35. The molecule has 0 bridgehead atoms. The number of carbonyl (C=O) groups is 1. The number of thiophene rings is 1. The zero-order chi connectivity index (χ0) is 13.1. The van der Waals surface area contributed by atoms with Crippen molar-refractivity contribution in [3.8, 4) is 5.75 Å². The van der Waals surface area contributed by atoms with Crippen LogP contribution in [-0.2, 0) is 0 Å². The van der Waals surface area contributed by atoms with E-state index in [2.05, 4.69) is 0 Å². The maximum Gasteiger partial charge on any atom is 0.204 e. The van der Waals surface area contributed by atoms with Crippen molar-refractivity contribution < 1.29 is 9.53 Å². The van der Waals surface area contributed by atoms with Crippen LogP contribution in [0, 0.1) is 0 Å². The van der Waals surface area contributed by atoms with Gasteiger partial charge in [-0.3, -0.25) is 4.79 Å². The molecule has 0 fully saturated rings. The lowest BCUT2D eigenvalue weighted by Crippen LogP contribution is -2.01. The first kappa shape index (κ1) is 13.4. The van der Waals surface area contributed by atoms with Gasteiger partial charge in [0.05, 0.1) is 16.5 Å². The Kier molecular flexibility index (Phi) is 4.27. The van der Waals surface area contributed by atoms with Gasteiger partial charge in [-0.1, -0.05) is 29.3 Å². The second kappa shape index (κ2) is 5.74. The number of ether oxygens (including phenoxy) is 1. The van der Waals surface area contributed by atoms with Crippen LogP contribution in [0.25, 0.3) is 0 Å². The molecule has 0 spiro atoms. The third-order valence-corrected chi connectivity index (χ3v) is 4.07. The van der Waals surface area contributed by atoms with E-state index in [1.807, 2.05) is 18.4 Å². The van der Waals surface area contributed by atoms with E-state index in [-0.39, 0.29) is 15.8 Å². The van der Waals surface area contributed by atoms with E-state index in [0.717, 1.165) is 0 Å². The van der Waals surface area contributed by atoms with E-state index >= 15 is 0 Å². The number of hydrogen-bond acceptors (Lipinski definition) is 3. The second-order valence-corrected chi connectivity index (χ2v) is 5.18. The Hall–Kier alpha value is -1.03. The summed E-state index contributed by atoms with van der Waals surface area (Å²) in [6, 6.07) is 6.88. The van der Waals surface area contributed by atoms with Gasteiger partial charge in [-0.05, 0) is 30.5 Å². The maximum atomic E-state index is 12.2. The summed E-state index contributed by atoms with van der Waals surface area (Å²) in [4.78, 5) is 12.8. The molecule has 0 radical (unpaired) electrons. The summed E-state index contributed by atoms with van der Waals surface area (Å²) in [5.74, 6) is 0.367. The number of hydrogen-bond donors (Lipinski definition) is 0. The molecule has 1 heterocycles. The average molecular weight is 301 g/mol. The molecule has 1 aromatic heterocycles. The number of benzene rings is 1. The molecular formula is C13H10Cl2O2S. The first-order valence-electron chi connectivity index (χ1n) is 5.34. The van der Waals surface area contributed by atoms with Gasteiger partial charge in [0.1, 0.15) is 10.8 Å². The maximum absolute atomic E-state index is 12.2. The molecule has 0 unspecified atom stereocenters.